The quantitative estimate of drug-likeness (QED) is 0.486. The van der Waals surface area contributed by atoms with Gasteiger partial charge in [0.15, 0.2) is 0 Å². The Kier molecular flexibility index (Phi) is 6.41. The highest BCUT2D eigenvalue weighted by atomic mass is 32.1. The van der Waals surface area contributed by atoms with Gasteiger partial charge in [-0.05, 0) is 36.1 Å². The minimum absolute atomic E-state index is 0.0372. The molecule has 1 heterocycles. The summed E-state index contributed by atoms with van der Waals surface area (Å²) >= 11 is 1.20. The first kappa shape index (κ1) is 22.5. The Bertz CT molecular complexity index is 1160. The van der Waals surface area contributed by atoms with Crippen LogP contribution in [0.15, 0.2) is 53.9 Å². The van der Waals surface area contributed by atoms with Gasteiger partial charge in [-0.3, -0.25) is 9.59 Å². The molecule has 33 heavy (non-hydrogen) atoms. The molecular weight excluding hydrogens is 442 g/mol. The van der Waals surface area contributed by atoms with Crippen LogP contribution >= 0.6 is 11.3 Å². The molecule has 3 N–H and O–H groups in total. The van der Waals surface area contributed by atoms with Crippen LogP contribution in [0.1, 0.15) is 52.4 Å². The van der Waals surface area contributed by atoms with E-state index < -0.39 is 30.1 Å². The number of alkyl carbamates (subject to hydrolysis) is 1. The highest BCUT2D eigenvalue weighted by Gasteiger charge is 2.29. The number of nitrogens with zero attached hydrogens (tertiary/aromatic N) is 1. The Morgan fingerprint density at radius 1 is 1.03 bits per heavy atom. The molecule has 3 aromatic rings. The monoisotopic (exact) mass is 465 g/mol. The van der Waals surface area contributed by atoms with Crippen LogP contribution in [0.2, 0.25) is 0 Å². The number of carboxylic acids is 1. The zero-order valence-corrected chi connectivity index (χ0v) is 18.9. The summed E-state index contributed by atoms with van der Waals surface area (Å²) in [6.07, 6.45) is -0.579. The maximum absolute atomic E-state index is 12.5. The van der Waals surface area contributed by atoms with Crippen molar-refractivity contribution in [2.45, 2.75) is 31.8 Å². The molecule has 0 spiro atoms. The van der Waals surface area contributed by atoms with Gasteiger partial charge in [-0.2, -0.15) is 0 Å². The molecular formula is C24H23N3O5S. The molecule has 1 aliphatic carbocycles. The lowest BCUT2D eigenvalue weighted by molar-refractivity contribution is -0.138. The van der Waals surface area contributed by atoms with Crippen molar-refractivity contribution in [3.05, 3.63) is 75.7 Å². The van der Waals surface area contributed by atoms with Crippen molar-refractivity contribution >= 4 is 29.3 Å². The van der Waals surface area contributed by atoms with Gasteiger partial charge in [-0.1, -0.05) is 48.5 Å². The Balaban J connectivity index is 1.36. The van der Waals surface area contributed by atoms with Crippen LogP contribution in [0.4, 0.5) is 4.79 Å². The molecule has 4 rings (SSSR count). The number of hydrogen-bond acceptors (Lipinski definition) is 6. The van der Waals surface area contributed by atoms with Crippen LogP contribution in [0.5, 0.6) is 0 Å². The minimum Gasteiger partial charge on any atom is -0.480 e. The average molecular weight is 466 g/mol. The molecule has 8 nitrogen and oxygen atoms in total. The Hall–Kier alpha value is -3.72. The highest BCUT2D eigenvalue weighted by molar-refractivity contribution is 7.09. The lowest BCUT2D eigenvalue weighted by Gasteiger charge is -2.16. The first-order chi connectivity index (χ1) is 15.8. The number of rotatable bonds is 7. The van der Waals surface area contributed by atoms with Crippen LogP contribution in [0, 0.1) is 0 Å². The summed E-state index contributed by atoms with van der Waals surface area (Å²) in [5, 5.41) is 16.0. The predicted octanol–water partition coefficient (Wildman–Crippen LogP) is 3.95. The summed E-state index contributed by atoms with van der Waals surface area (Å²) in [6, 6.07) is 14.7. The average Bonchev–Trinajstić information content (AvgIpc) is 3.41. The number of aliphatic carboxylic acids is 1. The highest BCUT2D eigenvalue weighted by Crippen LogP contribution is 2.44. The molecule has 9 heteroatoms. The van der Waals surface area contributed by atoms with Crippen LogP contribution in [-0.4, -0.2) is 40.7 Å². The largest absolute Gasteiger partial charge is 0.480 e. The van der Waals surface area contributed by atoms with Crippen molar-refractivity contribution in [3.63, 3.8) is 0 Å². The summed E-state index contributed by atoms with van der Waals surface area (Å²) in [6.45, 7) is 3.31. The van der Waals surface area contributed by atoms with E-state index in [1.165, 1.54) is 23.6 Å². The number of fused-ring (bicyclic) bond motifs is 3. The van der Waals surface area contributed by atoms with Crippen molar-refractivity contribution in [2.24, 2.45) is 0 Å². The fourth-order valence-electron chi connectivity index (χ4n) is 3.80. The van der Waals surface area contributed by atoms with E-state index in [-0.39, 0.29) is 18.2 Å². The van der Waals surface area contributed by atoms with E-state index in [4.69, 9.17) is 9.84 Å². The molecule has 0 aliphatic heterocycles. The minimum atomic E-state index is -1.14. The van der Waals surface area contributed by atoms with E-state index in [0.717, 1.165) is 22.3 Å². The third-order valence-corrected chi connectivity index (χ3v) is 6.55. The van der Waals surface area contributed by atoms with Crippen LogP contribution in [0.3, 0.4) is 0 Å². The topological polar surface area (TPSA) is 118 Å². The number of carbonyl (C=O) groups excluding carboxylic acids is 2. The lowest BCUT2D eigenvalue weighted by Crippen LogP contribution is -2.38. The van der Waals surface area contributed by atoms with E-state index in [1.54, 1.807) is 6.92 Å². The van der Waals surface area contributed by atoms with Gasteiger partial charge in [0.1, 0.15) is 23.4 Å². The predicted molar refractivity (Wildman–Crippen MR) is 123 cm³/mol. The van der Waals surface area contributed by atoms with E-state index in [2.05, 4.69) is 39.9 Å². The van der Waals surface area contributed by atoms with Gasteiger partial charge in [-0.25, -0.2) is 9.78 Å². The number of thiazole rings is 1. The van der Waals surface area contributed by atoms with E-state index in [9.17, 15) is 14.4 Å². The molecule has 0 fully saturated rings. The summed E-state index contributed by atoms with van der Waals surface area (Å²) < 4.78 is 5.55. The zero-order chi connectivity index (χ0) is 23.5. The maximum atomic E-state index is 12.5. The first-order valence-corrected chi connectivity index (χ1v) is 11.3. The zero-order valence-electron chi connectivity index (χ0n) is 18.1. The third-order valence-electron chi connectivity index (χ3n) is 5.52. The molecule has 2 aromatic carbocycles. The summed E-state index contributed by atoms with van der Waals surface area (Å²) in [5.41, 5.74) is 4.67. The van der Waals surface area contributed by atoms with Gasteiger partial charge in [0.2, 0.25) is 0 Å². The number of aromatic nitrogens is 1. The lowest BCUT2D eigenvalue weighted by atomic mass is 9.98. The van der Waals surface area contributed by atoms with E-state index in [0.29, 0.717) is 5.01 Å². The Morgan fingerprint density at radius 2 is 1.64 bits per heavy atom. The first-order valence-electron chi connectivity index (χ1n) is 10.5. The van der Waals surface area contributed by atoms with Gasteiger partial charge in [0.25, 0.3) is 5.91 Å². The number of nitrogens with one attached hydrogen (secondary N) is 2. The summed E-state index contributed by atoms with van der Waals surface area (Å²) in [4.78, 5) is 39.7. The van der Waals surface area contributed by atoms with Crippen LogP contribution in [0.25, 0.3) is 11.1 Å². The maximum Gasteiger partial charge on any atom is 0.407 e. The van der Waals surface area contributed by atoms with Crippen molar-refractivity contribution < 1.29 is 24.2 Å². The number of amides is 2. The second kappa shape index (κ2) is 9.41. The SMILES string of the molecule is CC(NC(=O)OCC1c2ccccc2-c2ccccc21)c1nc(C(=O)N[C@H](C)C(=O)O)cs1. The van der Waals surface area contributed by atoms with Gasteiger partial charge in [0, 0.05) is 11.3 Å². The van der Waals surface area contributed by atoms with Crippen LogP contribution in [-0.2, 0) is 9.53 Å². The fraction of sp³-hybridized carbons (Fsp3) is 0.250. The number of ether oxygens (including phenoxy) is 1. The molecule has 1 aromatic heterocycles. The molecule has 1 unspecified atom stereocenters. The Morgan fingerprint density at radius 3 is 2.24 bits per heavy atom. The van der Waals surface area contributed by atoms with Gasteiger partial charge >= 0.3 is 12.1 Å². The number of carboxylic acid groups (broad SMARTS) is 1. The molecule has 0 bridgehead atoms. The standard InChI is InChI=1S/C24H23N3O5S/c1-13(22-27-20(12-33-22)21(28)25-14(2)23(29)30)26-24(31)32-11-19-17-9-5-3-7-15(17)16-8-4-6-10-18(16)19/h3-10,12-14,19H,11H2,1-2H3,(H,25,28)(H,26,31)(H,29,30)/t13?,14-/m1/s1. The van der Waals surface area contributed by atoms with Crippen molar-refractivity contribution in [1.29, 1.82) is 0 Å². The van der Waals surface area contributed by atoms with Crippen molar-refractivity contribution in [3.8, 4) is 11.1 Å². The van der Waals surface area contributed by atoms with Gasteiger partial charge < -0.3 is 20.5 Å². The van der Waals surface area contributed by atoms with Crippen molar-refractivity contribution in [1.82, 2.24) is 15.6 Å². The molecule has 0 saturated carbocycles. The molecule has 0 radical (unpaired) electrons. The summed E-state index contributed by atoms with van der Waals surface area (Å²) in [7, 11) is 0. The second-order valence-corrected chi connectivity index (χ2v) is 8.69. The normalized spacial score (nSPS) is 14.0. The number of hydrogen-bond donors (Lipinski definition) is 3. The second-order valence-electron chi connectivity index (χ2n) is 7.80. The third kappa shape index (κ3) is 4.73. The molecule has 170 valence electrons. The smallest absolute Gasteiger partial charge is 0.407 e. The van der Waals surface area contributed by atoms with Gasteiger partial charge in [-0.15, -0.1) is 11.3 Å². The van der Waals surface area contributed by atoms with Crippen LogP contribution < -0.4 is 10.6 Å². The number of carbonyl (C=O) groups is 3. The molecule has 1 aliphatic rings. The number of benzene rings is 2. The Labute approximate surface area is 194 Å². The van der Waals surface area contributed by atoms with E-state index >= 15 is 0 Å². The summed E-state index contributed by atoms with van der Waals surface area (Å²) in [5.74, 6) is -1.75. The van der Waals surface area contributed by atoms with E-state index in [1.807, 2.05) is 24.3 Å². The van der Waals surface area contributed by atoms with Crippen molar-refractivity contribution in [2.75, 3.05) is 6.61 Å². The molecule has 0 saturated heterocycles. The molecule has 2 atom stereocenters. The molecule has 2 amide bonds. The fourth-order valence-corrected chi connectivity index (χ4v) is 4.61. The van der Waals surface area contributed by atoms with Gasteiger partial charge in [0.05, 0.1) is 6.04 Å².